The van der Waals surface area contributed by atoms with Gasteiger partial charge in [0.1, 0.15) is 5.76 Å². The van der Waals surface area contributed by atoms with Crippen LogP contribution in [0.5, 0.6) is 11.5 Å². The van der Waals surface area contributed by atoms with Gasteiger partial charge in [0.05, 0.1) is 34.4 Å². The molecule has 0 aromatic heterocycles. The lowest BCUT2D eigenvalue weighted by Gasteiger charge is -2.57. The van der Waals surface area contributed by atoms with Crippen molar-refractivity contribution in [3.05, 3.63) is 34.8 Å². The number of nitrogens with zero attached hydrogens (tertiary/aromatic N) is 1. The van der Waals surface area contributed by atoms with Crippen LogP contribution >= 0.6 is 0 Å². The number of carbonyl (C=O) groups excluding carboxylic acids is 1. The number of allylic oxidation sites excluding steroid dienone is 2. The van der Waals surface area contributed by atoms with E-state index in [1.165, 1.54) is 11.1 Å². The number of benzene rings is 1. The summed E-state index contributed by atoms with van der Waals surface area (Å²) in [5, 5.41) is 0. The van der Waals surface area contributed by atoms with E-state index in [0.717, 1.165) is 25.1 Å². The normalized spacial score (nSPS) is 29.7. The highest BCUT2D eigenvalue weighted by Crippen LogP contribution is 2.57. The first-order valence-electron chi connectivity index (χ1n) is 9.31. The lowest BCUT2D eigenvalue weighted by molar-refractivity contribution is -0.133. The molecule has 1 saturated heterocycles. The Morgan fingerprint density at radius 2 is 1.74 bits per heavy atom. The summed E-state index contributed by atoms with van der Waals surface area (Å²) < 4.78 is 22.2. The average Bonchev–Trinajstić information content (AvgIpc) is 2.69. The van der Waals surface area contributed by atoms with Gasteiger partial charge in [-0.15, -0.1) is 0 Å². The maximum Gasteiger partial charge on any atom is 0.206 e. The maximum atomic E-state index is 13.5. The topological polar surface area (TPSA) is 57.2 Å². The second-order valence-electron chi connectivity index (χ2n) is 7.70. The number of carbonyl (C=O) groups is 1. The summed E-state index contributed by atoms with van der Waals surface area (Å²) in [5.74, 6) is 2.36. The Bertz CT molecular complexity index is 817. The van der Waals surface area contributed by atoms with Crippen molar-refractivity contribution in [2.75, 3.05) is 42.0 Å². The largest absolute Gasteiger partial charge is 0.497 e. The quantitative estimate of drug-likeness (QED) is 0.807. The minimum atomic E-state index is -0.297. The van der Waals surface area contributed by atoms with Gasteiger partial charge in [0.2, 0.25) is 5.78 Å². The van der Waals surface area contributed by atoms with E-state index in [9.17, 15) is 4.79 Å². The van der Waals surface area contributed by atoms with Crippen LogP contribution in [0.15, 0.2) is 23.7 Å². The Hall–Kier alpha value is -2.21. The molecule has 3 aliphatic rings. The van der Waals surface area contributed by atoms with Gasteiger partial charge in [-0.25, -0.2) is 0 Å². The summed E-state index contributed by atoms with van der Waals surface area (Å²) in [6.45, 7) is 0.946. The fourth-order valence-electron chi connectivity index (χ4n) is 5.42. The van der Waals surface area contributed by atoms with Crippen LogP contribution in [0.3, 0.4) is 0 Å². The number of hydrogen-bond donors (Lipinski definition) is 0. The first-order valence-corrected chi connectivity index (χ1v) is 9.31. The molecule has 3 atom stereocenters. The standard InChI is InChI=1S/C21H27NO5/c1-22-7-6-21-11-17(26-4)20(27-5)19(23)18(21)14(22)8-12-9-15(24-2)16(25-3)10-13(12)21/h9-10,14,18H,6-8,11H2,1-5H3/t14-,18-,21-/m0/s1. The zero-order valence-corrected chi connectivity index (χ0v) is 16.6. The Labute approximate surface area is 160 Å². The van der Waals surface area contributed by atoms with Gasteiger partial charge in [-0.2, -0.15) is 0 Å². The number of likely N-dealkylation sites (tertiary alicyclic amines) is 1. The molecule has 146 valence electrons. The molecule has 0 saturated carbocycles. The molecule has 0 N–H and O–H groups in total. The third-order valence-corrected chi connectivity index (χ3v) is 6.72. The molecular weight excluding hydrogens is 346 g/mol. The molecule has 1 heterocycles. The number of ether oxygens (including phenoxy) is 4. The van der Waals surface area contributed by atoms with E-state index in [-0.39, 0.29) is 23.2 Å². The number of methoxy groups -OCH3 is 4. The Kier molecular flexibility index (Phi) is 4.34. The molecule has 1 aromatic rings. The molecule has 1 fully saturated rings. The van der Waals surface area contributed by atoms with Crippen molar-refractivity contribution >= 4 is 5.78 Å². The zero-order valence-electron chi connectivity index (χ0n) is 16.6. The number of fused-ring (bicyclic) bond motifs is 1. The van der Waals surface area contributed by atoms with Gasteiger partial charge >= 0.3 is 0 Å². The molecular formula is C21H27NO5. The van der Waals surface area contributed by atoms with E-state index in [1.807, 2.05) is 0 Å². The molecule has 0 amide bonds. The second-order valence-corrected chi connectivity index (χ2v) is 7.70. The fourth-order valence-corrected chi connectivity index (χ4v) is 5.42. The van der Waals surface area contributed by atoms with E-state index < -0.39 is 0 Å². The minimum absolute atomic E-state index is 0.0533. The van der Waals surface area contributed by atoms with Crippen LogP contribution in [0.25, 0.3) is 0 Å². The second kappa shape index (κ2) is 6.44. The number of likely N-dealkylation sites (N-methyl/N-ethyl adjacent to an activating group) is 1. The number of Topliss-reactive ketones (excluding diaryl/α,β-unsaturated/α-hetero) is 1. The molecule has 1 aliphatic heterocycles. The van der Waals surface area contributed by atoms with Crippen molar-refractivity contribution in [3.63, 3.8) is 0 Å². The average molecular weight is 373 g/mol. The molecule has 6 heteroatoms. The van der Waals surface area contributed by atoms with Crippen LogP contribution in [-0.2, 0) is 26.1 Å². The SMILES string of the molecule is COC1=C(OC)C(=O)[C@@H]2[C@@H]3Cc4cc(OC)c(OC)cc4[C@]2(CCN3C)C1. The highest BCUT2D eigenvalue weighted by molar-refractivity contribution is 5.99. The molecule has 4 rings (SSSR count). The minimum Gasteiger partial charge on any atom is -0.497 e. The molecule has 1 aromatic carbocycles. The van der Waals surface area contributed by atoms with Crippen LogP contribution < -0.4 is 9.47 Å². The summed E-state index contributed by atoms with van der Waals surface area (Å²) in [5.41, 5.74) is 2.12. The van der Waals surface area contributed by atoms with Gasteiger partial charge in [-0.1, -0.05) is 0 Å². The molecule has 2 bridgehead atoms. The van der Waals surface area contributed by atoms with E-state index in [4.69, 9.17) is 18.9 Å². The van der Waals surface area contributed by atoms with E-state index in [1.54, 1.807) is 28.4 Å². The van der Waals surface area contributed by atoms with Crippen molar-refractivity contribution in [1.29, 1.82) is 0 Å². The van der Waals surface area contributed by atoms with Crippen LogP contribution in [-0.4, -0.2) is 58.8 Å². The van der Waals surface area contributed by atoms with E-state index in [0.29, 0.717) is 23.7 Å². The molecule has 0 unspecified atom stereocenters. The van der Waals surface area contributed by atoms with Crippen LogP contribution in [0.1, 0.15) is 24.0 Å². The van der Waals surface area contributed by atoms with Gasteiger partial charge in [0, 0.05) is 17.9 Å². The Morgan fingerprint density at radius 1 is 1.04 bits per heavy atom. The van der Waals surface area contributed by atoms with Gasteiger partial charge in [-0.05, 0) is 49.7 Å². The third kappa shape index (κ3) is 2.39. The zero-order chi connectivity index (χ0) is 19.3. The number of hydrogen-bond acceptors (Lipinski definition) is 6. The summed E-state index contributed by atoms with van der Waals surface area (Å²) in [7, 11) is 8.57. The molecule has 2 aliphatic carbocycles. The van der Waals surface area contributed by atoms with Crippen LogP contribution in [0, 0.1) is 5.92 Å². The first-order chi connectivity index (χ1) is 13.0. The van der Waals surface area contributed by atoms with Crippen molar-refractivity contribution in [2.45, 2.75) is 30.7 Å². The van der Waals surface area contributed by atoms with Gasteiger partial charge in [0.25, 0.3) is 0 Å². The molecule has 0 spiro atoms. The highest BCUT2D eigenvalue weighted by atomic mass is 16.5. The maximum absolute atomic E-state index is 13.5. The van der Waals surface area contributed by atoms with Gasteiger partial charge in [0.15, 0.2) is 17.3 Å². The predicted molar refractivity (Wildman–Crippen MR) is 100 cm³/mol. The van der Waals surface area contributed by atoms with Gasteiger partial charge < -0.3 is 23.8 Å². The Balaban J connectivity index is 1.96. The molecule has 6 nitrogen and oxygen atoms in total. The van der Waals surface area contributed by atoms with Crippen LogP contribution in [0.4, 0.5) is 0 Å². The van der Waals surface area contributed by atoms with E-state index in [2.05, 4.69) is 24.1 Å². The van der Waals surface area contributed by atoms with Crippen molar-refractivity contribution < 1.29 is 23.7 Å². The predicted octanol–water partition coefficient (Wildman–Crippen LogP) is 2.30. The number of rotatable bonds is 4. The molecule has 0 radical (unpaired) electrons. The Morgan fingerprint density at radius 3 is 2.37 bits per heavy atom. The smallest absolute Gasteiger partial charge is 0.206 e. The van der Waals surface area contributed by atoms with Crippen LogP contribution in [0.2, 0.25) is 0 Å². The first kappa shape index (κ1) is 18.2. The van der Waals surface area contributed by atoms with Crippen molar-refractivity contribution in [1.82, 2.24) is 4.90 Å². The van der Waals surface area contributed by atoms with Crippen molar-refractivity contribution in [3.8, 4) is 11.5 Å². The fraction of sp³-hybridized carbons (Fsp3) is 0.571. The number of ketones is 1. The lowest BCUT2D eigenvalue weighted by atomic mass is 9.52. The van der Waals surface area contributed by atoms with E-state index >= 15 is 0 Å². The summed E-state index contributed by atoms with van der Waals surface area (Å²) in [4.78, 5) is 15.8. The third-order valence-electron chi connectivity index (χ3n) is 6.72. The highest BCUT2D eigenvalue weighted by Gasteiger charge is 2.59. The van der Waals surface area contributed by atoms with Gasteiger partial charge in [-0.3, -0.25) is 4.79 Å². The monoisotopic (exact) mass is 373 g/mol. The van der Waals surface area contributed by atoms with Crippen molar-refractivity contribution in [2.24, 2.45) is 5.92 Å². The summed E-state index contributed by atoms with van der Waals surface area (Å²) >= 11 is 0. The summed E-state index contributed by atoms with van der Waals surface area (Å²) in [6, 6.07) is 4.28. The lowest BCUT2D eigenvalue weighted by Crippen LogP contribution is -2.63. The molecule has 27 heavy (non-hydrogen) atoms. The number of piperidine rings is 1. The summed E-state index contributed by atoms with van der Waals surface area (Å²) in [6.07, 6.45) is 2.36.